The lowest BCUT2D eigenvalue weighted by Gasteiger charge is -2.29. The van der Waals surface area contributed by atoms with Crippen molar-refractivity contribution in [3.8, 4) is 0 Å². The van der Waals surface area contributed by atoms with Crippen LogP contribution >= 0.6 is 0 Å². The van der Waals surface area contributed by atoms with E-state index in [0.717, 1.165) is 6.07 Å². The first-order valence-electron chi connectivity index (χ1n) is 5.80. The number of ether oxygens (including phenoxy) is 1. The zero-order valence-electron chi connectivity index (χ0n) is 11.0. The number of amides is 1. The zero-order valence-corrected chi connectivity index (χ0v) is 11.0. The fourth-order valence-corrected chi connectivity index (χ4v) is 1.76. The van der Waals surface area contributed by atoms with E-state index in [1.807, 2.05) is 0 Å². The molecule has 0 aromatic heterocycles. The average Bonchev–Trinajstić information content (AvgIpc) is 2.27. The number of rotatable bonds is 3. The van der Waals surface area contributed by atoms with Crippen LogP contribution in [0.25, 0.3) is 0 Å². The highest BCUT2D eigenvalue weighted by Crippen LogP contribution is 2.36. The van der Waals surface area contributed by atoms with E-state index in [0.29, 0.717) is 0 Å². The molecular formula is C13H16F3NO2. The molecule has 0 bridgehead atoms. The Morgan fingerprint density at radius 2 is 1.74 bits per heavy atom. The summed E-state index contributed by atoms with van der Waals surface area (Å²) in [7, 11) is 0. The molecule has 0 unspecified atom stereocenters. The molecule has 0 atom stereocenters. The van der Waals surface area contributed by atoms with E-state index in [1.54, 1.807) is 6.92 Å². The summed E-state index contributed by atoms with van der Waals surface area (Å²) in [5.41, 5.74) is -1.95. The lowest BCUT2D eigenvalue weighted by Crippen LogP contribution is -2.42. The minimum Gasteiger partial charge on any atom is -0.450 e. The number of carbonyl (C=O) groups excluding carboxylic acids is 1. The molecule has 0 heterocycles. The van der Waals surface area contributed by atoms with Crippen molar-refractivity contribution in [2.45, 2.75) is 32.5 Å². The lowest BCUT2D eigenvalue weighted by molar-refractivity contribution is -0.138. The van der Waals surface area contributed by atoms with Crippen LogP contribution in [0.1, 0.15) is 31.9 Å². The van der Waals surface area contributed by atoms with Gasteiger partial charge in [-0.15, -0.1) is 0 Å². The molecule has 19 heavy (non-hydrogen) atoms. The fraction of sp³-hybridized carbons (Fsp3) is 0.462. The summed E-state index contributed by atoms with van der Waals surface area (Å²) in [5, 5.41) is 2.42. The van der Waals surface area contributed by atoms with Gasteiger partial charge in [-0.2, -0.15) is 13.2 Å². The van der Waals surface area contributed by atoms with E-state index in [4.69, 9.17) is 4.74 Å². The van der Waals surface area contributed by atoms with E-state index >= 15 is 0 Å². The van der Waals surface area contributed by atoms with Crippen molar-refractivity contribution in [1.29, 1.82) is 0 Å². The van der Waals surface area contributed by atoms with Crippen molar-refractivity contribution in [1.82, 2.24) is 5.32 Å². The number of nitrogens with one attached hydrogen (secondary N) is 1. The van der Waals surface area contributed by atoms with Gasteiger partial charge in [-0.1, -0.05) is 18.2 Å². The van der Waals surface area contributed by atoms with Gasteiger partial charge < -0.3 is 10.1 Å². The Morgan fingerprint density at radius 1 is 1.21 bits per heavy atom. The van der Waals surface area contributed by atoms with Crippen molar-refractivity contribution >= 4 is 6.09 Å². The third-order valence-electron chi connectivity index (χ3n) is 2.60. The smallest absolute Gasteiger partial charge is 0.416 e. The third kappa shape index (κ3) is 3.87. The summed E-state index contributed by atoms with van der Waals surface area (Å²) in [5.74, 6) is 0. The normalized spacial score (nSPS) is 12.1. The summed E-state index contributed by atoms with van der Waals surface area (Å²) in [6.45, 7) is 4.77. The second-order valence-electron chi connectivity index (χ2n) is 4.51. The second kappa shape index (κ2) is 5.50. The molecule has 0 aliphatic carbocycles. The number of alkyl carbamates (subject to hydrolysis) is 1. The first-order valence-corrected chi connectivity index (χ1v) is 5.80. The molecule has 3 nitrogen and oxygen atoms in total. The Bertz CT molecular complexity index is 455. The zero-order chi connectivity index (χ0) is 14.7. The second-order valence-corrected chi connectivity index (χ2v) is 4.51. The van der Waals surface area contributed by atoms with Gasteiger partial charge in [0.1, 0.15) is 0 Å². The van der Waals surface area contributed by atoms with E-state index in [1.165, 1.54) is 32.0 Å². The van der Waals surface area contributed by atoms with E-state index in [9.17, 15) is 18.0 Å². The number of carbonyl (C=O) groups is 1. The molecule has 1 N–H and O–H groups in total. The number of hydrogen-bond donors (Lipinski definition) is 1. The Labute approximate surface area is 109 Å². The molecule has 0 aliphatic heterocycles. The van der Waals surface area contributed by atoms with Crippen LogP contribution in [-0.4, -0.2) is 12.7 Å². The molecule has 0 spiro atoms. The summed E-state index contributed by atoms with van der Waals surface area (Å²) >= 11 is 0. The van der Waals surface area contributed by atoms with Gasteiger partial charge in [0.05, 0.1) is 17.7 Å². The Morgan fingerprint density at radius 3 is 2.21 bits per heavy atom. The van der Waals surface area contributed by atoms with Crippen LogP contribution in [0.2, 0.25) is 0 Å². The molecule has 1 aromatic rings. The summed E-state index contributed by atoms with van der Waals surface area (Å²) < 4.78 is 43.5. The van der Waals surface area contributed by atoms with Crippen molar-refractivity contribution in [3.63, 3.8) is 0 Å². The van der Waals surface area contributed by atoms with Gasteiger partial charge in [-0.25, -0.2) is 4.79 Å². The maximum atomic E-state index is 12.9. The Kier molecular flexibility index (Phi) is 4.44. The van der Waals surface area contributed by atoms with Gasteiger partial charge in [-0.05, 0) is 32.4 Å². The van der Waals surface area contributed by atoms with Crippen LogP contribution in [0.4, 0.5) is 18.0 Å². The molecule has 1 rings (SSSR count). The summed E-state index contributed by atoms with van der Waals surface area (Å²) in [6.07, 6.45) is -5.21. The van der Waals surface area contributed by atoms with Crippen LogP contribution in [0.3, 0.4) is 0 Å². The van der Waals surface area contributed by atoms with Crippen molar-refractivity contribution in [2.24, 2.45) is 0 Å². The molecule has 1 aromatic carbocycles. The van der Waals surface area contributed by atoms with Gasteiger partial charge in [0.15, 0.2) is 0 Å². The molecule has 0 fully saturated rings. The molecule has 0 saturated heterocycles. The first-order chi connectivity index (χ1) is 8.68. The highest BCUT2D eigenvalue weighted by molar-refractivity contribution is 5.68. The van der Waals surface area contributed by atoms with Crippen LogP contribution in [0.15, 0.2) is 24.3 Å². The Balaban J connectivity index is 3.11. The SMILES string of the molecule is CCOC(=O)NC(C)(C)c1ccccc1C(F)(F)F. The minimum absolute atomic E-state index is 0.00412. The summed E-state index contributed by atoms with van der Waals surface area (Å²) in [4.78, 5) is 11.4. The highest BCUT2D eigenvalue weighted by atomic mass is 19.4. The molecular weight excluding hydrogens is 259 g/mol. The van der Waals surface area contributed by atoms with Crippen LogP contribution in [0.5, 0.6) is 0 Å². The minimum atomic E-state index is -4.47. The number of hydrogen-bond acceptors (Lipinski definition) is 2. The van der Waals surface area contributed by atoms with Crippen molar-refractivity contribution in [3.05, 3.63) is 35.4 Å². The monoisotopic (exact) mass is 275 g/mol. The van der Waals surface area contributed by atoms with E-state index in [-0.39, 0.29) is 12.2 Å². The van der Waals surface area contributed by atoms with Crippen LogP contribution in [0, 0.1) is 0 Å². The molecule has 0 aliphatic rings. The molecule has 6 heteroatoms. The molecule has 0 saturated carbocycles. The maximum Gasteiger partial charge on any atom is 0.416 e. The van der Waals surface area contributed by atoms with Gasteiger partial charge in [0.2, 0.25) is 0 Å². The summed E-state index contributed by atoms with van der Waals surface area (Å²) in [6, 6.07) is 5.14. The topological polar surface area (TPSA) is 38.3 Å². The predicted octanol–water partition coefficient (Wildman–Crippen LogP) is 3.69. The van der Waals surface area contributed by atoms with Gasteiger partial charge in [0.25, 0.3) is 0 Å². The Hall–Kier alpha value is -1.72. The number of alkyl halides is 3. The third-order valence-corrected chi connectivity index (χ3v) is 2.60. The van der Waals surface area contributed by atoms with Gasteiger partial charge in [0, 0.05) is 0 Å². The lowest BCUT2D eigenvalue weighted by atomic mass is 9.90. The average molecular weight is 275 g/mol. The highest BCUT2D eigenvalue weighted by Gasteiger charge is 2.38. The van der Waals surface area contributed by atoms with Crippen molar-refractivity contribution in [2.75, 3.05) is 6.61 Å². The predicted molar refractivity (Wildman–Crippen MR) is 64.6 cm³/mol. The fourth-order valence-electron chi connectivity index (χ4n) is 1.76. The van der Waals surface area contributed by atoms with E-state index < -0.39 is 23.4 Å². The standard InChI is InChI=1S/C13H16F3NO2/c1-4-19-11(18)17-12(2,3)9-7-5-6-8-10(9)13(14,15)16/h5-8H,4H2,1-3H3,(H,17,18). The molecule has 106 valence electrons. The van der Waals surface area contributed by atoms with Gasteiger partial charge >= 0.3 is 12.3 Å². The maximum absolute atomic E-state index is 12.9. The number of halogens is 3. The molecule has 1 amide bonds. The van der Waals surface area contributed by atoms with Crippen LogP contribution in [-0.2, 0) is 16.5 Å². The number of benzene rings is 1. The van der Waals surface area contributed by atoms with E-state index in [2.05, 4.69) is 5.32 Å². The largest absolute Gasteiger partial charge is 0.450 e. The van der Waals surface area contributed by atoms with Gasteiger partial charge in [-0.3, -0.25) is 0 Å². The van der Waals surface area contributed by atoms with Crippen LogP contribution < -0.4 is 5.32 Å². The molecule has 0 radical (unpaired) electrons. The first kappa shape index (κ1) is 15.3. The van der Waals surface area contributed by atoms with Crippen molar-refractivity contribution < 1.29 is 22.7 Å². The quantitative estimate of drug-likeness (QED) is 0.913.